The smallest absolute Gasteiger partial charge is 0.127 e. The molecule has 0 spiro atoms. The first-order valence-electron chi connectivity index (χ1n) is 7.75. The molecule has 1 fully saturated rings. The van der Waals surface area contributed by atoms with Crippen LogP contribution in [0.4, 0.5) is 4.39 Å². The Morgan fingerprint density at radius 1 is 1.48 bits per heavy atom. The van der Waals surface area contributed by atoms with Crippen LogP contribution in [-0.4, -0.2) is 24.9 Å². The molecule has 1 heterocycles. The lowest BCUT2D eigenvalue weighted by Crippen LogP contribution is -2.24. The minimum Gasteiger partial charge on any atom is -0.490 e. The average Bonchev–Trinajstić information content (AvgIpc) is 2.76. The van der Waals surface area contributed by atoms with Crippen LogP contribution in [0.5, 0.6) is 5.75 Å². The number of ether oxygens (including phenoxy) is 2. The third-order valence-corrected chi connectivity index (χ3v) is 3.93. The number of halogens is 1. The maximum absolute atomic E-state index is 13.5. The van der Waals surface area contributed by atoms with E-state index in [2.05, 4.69) is 33.0 Å². The standard InChI is InChI=1S/C17H26FNO2/c1-5-19-12(2)15-7-6-13(18)10-16(15)20-11-14-8-9-17(3,4)21-14/h6-7,10,12,14,19H,5,8-9,11H2,1-4H3. The Bertz CT molecular complexity index is 476. The molecular weight excluding hydrogens is 269 g/mol. The van der Waals surface area contributed by atoms with E-state index in [0.717, 1.165) is 24.9 Å². The predicted molar refractivity (Wildman–Crippen MR) is 82.2 cm³/mol. The molecule has 0 aliphatic carbocycles. The highest BCUT2D eigenvalue weighted by Crippen LogP contribution is 2.31. The molecule has 2 atom stereocenters. The molecule has 1 aromatic carbocycles. The Labute approximate surface area is 126 Å². The topological polar surface area (TPSA) is 30.5 Å². The Balaban J connectivity index is 2.03. The lowest BCUT2D eigenvalue weighted by atomic mass is 10.1. The summed E-state index contributed by atoms with van der Waals surface area (Å²) in [5.74, 6) is 0.335. The third kappa shape index (κ3) is 4.42. The molecule has 2 unspecified atom stereocenters. The maximum Gasteiger partial charge on any atom is 0.127 e. The molecule has 1 aliphatic rings. The van der Waals surface area contributed by atoms with E-state index >= 15 is 0 Å². The summed E-state index contributed by atoms with van der Waals surface area (Å²) in [7, 11) is 0. The van der Waals surface area contributed by atoms with E-state index in [1.165, 1.54) is 12.1 Å². The van der Waals surface area contributed by atoms with E-state index in [1.807, 2.05) is 0 Å². The average molecular weight is 295 g/mol. The van der Waals surface area contributed by atoms with Gasteiger partial charge in [0, 0.05) is 17.7 Å². The van der Waals surface area contributed by atoms with E-state index in [1.54, 1.807) is 6.07 Å². The van der Waals surface area contributed by atoms with E-state index in [0.29, 0.717) is 12.4 Å². The molecule has 0 saturated carbocycles. The van der Waals surface area contributed by atoms with Crippen LogP contribution in [-0.2, 0) is 4.74 Å². The van der Waals surface area contributed by atoms with Crippen molar-refractivity contribution in [2.75, 3.05) is 13.2 Å². The van der Waals surface area contributed by atoms with Crippen molar-refractivity contribution in [1.82, 2.24) is 5.32 Å². The minimum absolute atomic E-state index is 0.0736. The van der Waals surface area contributed by atoms with Crippen LogP contribution in [0.2, 0.25) is 0 Å². The monoisotopic (exact) mass is 295 g/mol. The van der Waals surface area contributed by atoms with Crippen LogP contribution in [0.15, 0.2) is 18.2 Å². The van der Waals surface area contributed by atoms with Crippen molar-refractivity contribution in [3.63, 3.8) is 0 Å². The van der Waals surface area contributed by atoms with Crippen LogP contribution < -0.4 is 10.1 Å². The molecule has 0 aromatic heterocycles. The van der Waals surface area contributed by atoms with Gasteiger partial charge in [0.2, 0.25) is 0 Å². The molecular formula is C17H26FNO2. The molecule has 118 valence electrons. The molecule has 2 rings (SSSR count). The third-order valence-electron chi connectivity index (χ3n) is 3.93. The fraction of sp³-hybridized carbons (Fsp3) is 0.647. The number of benzene rings is 1. The quantitative estimate of drug-likeness (QED) is 0.865. The summed E-state index contributed by atoms with van der Waals surface area (Å²) in [5.41, 5.74) is 0.908. The summed E-state index contributed by atoms with van der Waals surface area (Å²) in [6.07, 6.45) is 2.11. The van der Waals surface area contributed by atoms with Gasteiger partial charge in [-0.05, 0) is 46.2 Å². The van der Waals surface area contributed by atoms with Gasteiger partial charge >= 0.3 is 0 Å². The number of rotatable bonds is 6. The molecule has 1 aliphatic heterocycles. The first-order valence-corrected chi connectivity index (χ1v) is 7.75. The highest BCUT2D eigenvalue weighted by Gasteiger charge is 2.32. The zero-order chi connectivity index (χ0) is 15.5. The summed E-state index contributed by atoms with van der Waals surface area (Å²) >= 11 is 0. The van der Waals surface area contributed by atoms with Gasteiger partial charge in [0.1, 0.15) is 18.2 Å². The zero-order valence-corrected chi connectivity index (χ0v) is 13.4. The van der Waals surface area contributed by atoms with Gasteiger partial charge in [0.15, 0.2) is 0 Å². The van der Waals surface area contributed by atoms with Gasteiger partial charge in [-0.25, -0.2) is 4.39 Å². The number of hydrogen-bond donors (Lipinski definition) is 1. The van der Waals surface area contributed by atoms with Crippen LogP contribution in [0, 0.1) is 5.82 Å². The summed E-state index contributed by atoms with van der Waals surface area (Å²) in [6.45, 7) is 9.62. The van der Waals surface area contributed by atoms with Gasteiger partial charge in [-0.2, -0.15) is 0 Å². The molecule has 1 aromatic rings. The molecule has 0 amide bonds. The van der Waals surface area contributed by atoms with Gasteiger partial charge in [-0.1, -0.05) is 13.0 Å². The molecule has 3 nitrogen and oxygen atoms in total. The first-order chi connectivity index (χ1) is 9.91. The van der Waals surface area contributed by atoms with Crippen molar-refractivity contribution in [3.8, 4) is 5.75 Å². The second-order valence-electron chi connectivity index (χ2n) is 6.31. The van der Waals surface area contributed by atoms with Gasteiger partial charge in [0.05, 0.1) is 11.7 Å². The second-order valence-corrected chi connectivity index (χ2v) is 6.31. The van der Waals surface area contributed by atoms with Crippen LogP contribution >= 0.6 is 0 Å². The van der Waals surface area contributed by atoms with Gasteiger partial charge < -0.3 is 14.8 Å². The van der Waals surface area contributed by atoms with Crippen molar-refractivity contribution >= 4 is 0 Å². The number of hydrogen-bond acceptors (Lipinski definition) is 3. The SMILES string of the molecule is CCNC(C)c1ccc(F)cc1OCC1CCC(C)(C)O1. The van der Waals surface area contributed by atoms with E-state index in [4.69, 9.17) is 9.47 Å². The largest absolute Gasteiger partial charge is 0.490 e. The molecule has 1 N–H and O–H groups in total. The summed E-state index contributed by atoms with van der Waals surface area (Å²) in [5, 5.41) is 3.33. The van der Waals surface area contributed by atoms with E-state index in [-0.39, 0.29) is 23.6 Å². The Morgan fingerprint density at radius 2 is 2.24 bits per heavy atom. The van der Waals surface area contributed by atoms with Gasteiger partial charge in [-0.15, -0.1) is 0 Å². The summed E-state index contributed by atoms with van der Waals surface area (Å²) in [6, 6.07) is 4.86. The summed E-state index contributed by atoms with van der Waals surface area (Å²) in [4.78, 5) is 0. The lowest BCUT2D eigenvalue weighted by Gasteiger charge is -2.21. The van der Waals surface area contributed by atoms with Crippen molar-refractivity contribution < 1.29 is 13.9 Å². The van der Waals surface area contributed by atoms with E-state index < -0.39 is 0 Å². The first kappa shape index (κ1) is 16.2. The Hall–Kier alpha value is -1.13. The normalized spacial score (nSPS) is 22.2. The molecule has 21 heavy (non-hydrogen) atoms. The van der Waals surface area contributed by atoms with Gasteiger partial charge in [0.25, 0.3) is 0 Å². The summed E-state index contributed by atoms with van der Waals surface area (Å²) < 4.78 is 25.3. The highest BCUT2D eigenvalue weighted by molar-refractivity contribution is 5.36. The molecule has 0 bridgehead atoms. The zero-order valence-electron chi connectivity index (χ0n) is 13.4. The minimum atomic E-state index is -0.273. The van der Waals surface area contributed by atoms with Crippen LogP contribution in [0.3, 0.4) is 0 Å². The van der Waals surface area contributed by atoms with Crippen molar-refractivity contribution in [2.45, 2.75) is 58.3 Å². The fourth-order valence-electron chi connectivity index (χ4n) is 2.78. The van der Waals surface area contributed by atoms with Crippen LogP contribution in [0.1, 0.15) is 52.1 Å². The maximum atomic E-state index is 13.5. The van der Waals surface area contributed by atoms with Gasteiger partial charge in [-0.3, -0.25) is 0 Å². The Morgan fingerprint density at radius 3 is 2.86 bits per heavy atom. The van der Waals surface area contributed by atoms with E-state index in [9.17, 15) is 4.39 Å². The number of nitrogens with one attached hydrogen (secondary N) is 1. The lowest BCUT2D eigenvalue weighted by molar-refractivity contribution is -0.0328. The highest BCUT2D eigenvalue weighted by atomic mass is 19.1. The molecule has 1 saturated heterocycles. The predicted octanol–water partition coefficient (Wildman–Crippen LogP) is 3.83. The molecule has 4 heteroatoms. The fourth-order valence-corrected chi connectivity index (χ4v) is 2.78. The van der Waals surface area contributed by atoms with Crippen molar-refractivity contribution in [2.24, 2.45) is 0 Å². The Kier molecular flexibility index (Phi) is 5.22. The van der Waals surface area contributed by atoms with Crippen molar-refractivity contribution in [3.05, 3.63) is 29.6 Å². The van der Waals surface area contributed by atoms with Crippen LogP contribution in [0.25, 0.3) is 0 Å². The van der Waals surface area contributed by atoms with Crippen molar-refractivity contribution in [1.29, 1.82) is 0 Å². The second kappa shape index (κ2) is 6.75. The molecule has 0 radical (unpaired) electrons.